The second-order valence-electron chi connectivity index (χ2n) is 5.67. The Morgan fingerprint density at radius 3 is 2.39 bits per heavy atom. The lowest BCUT2D eigenvalue weighted by Gasteiger charge is -2.15. The third-order valence-electron chi connectivity index (χ3n) is 3.72. The summed E-state index contributed by atoms with van der Waals surface area (Å²) in [4.78, 5) is 36.7. The number of methoxy groups -OCH3 is 2. The SMILES string of the molecule is COc1cc(/C=C2\SC(=S)N(CC(=O)NC(C)C(=O)O)C2=O)cc(OC)c1O. The lowest BCUT2D eigenvalue weighted by atomic mass is 10.1. The molecule has 0 aliphatic carbocycles. The lowest BCUT2D eigenvalue weighted by molar-refractivity contribution is -0.141. The lowest BCUT2D eigenvalue weighted by Crippen LogP contribution is -2.45. The summed E-state index contributed by atoms with van der Waals surface area (Å²) >= 11 is 6.16. The Hall–Kier alpha value is -2.79. The number of carbonyl (C=O) groups is 3. The zero-order valence-electron chi connectivity index (χ0n) is 15.2. The summed E-state index contributed by atoms with van der Waals surface area (Å²) < 4.78 is 10.3. The van der Waals surface area contributed by atoms with Gasteiger partial charge in [0, 0.05) is 0 Å². The molecular formula is C17H18N2O7S2. The first-order valence-corrected chi connectivity index (χ1v) is 9.13. The number of hydrogen-bond donors (Lipinski definition) is 3. The number of nitrogens with zero attached hydrogens (tertiary/aromatic N) is 1. The van der Waals surface area contributed by atoms with Crippen LogP contribution in [0.5, 0.6) is 17.2 Å². The van der Waals surface area contributed by atoms with Crippen molar-refractivity contribution in [2.45, 2.75) is 13.0 Å². The summed E-state index contributed by atoms with van der Waals surface area (Å²) in [5.41, 5.74) is 0.524. The van der Waals surface area contributed by atoms with E-state index in [-0.39, 0.29) is 33.0 Å². The van der Waals surface area contributed by atoms with Crippen LogP contribution in [0.3, 0.4) is 0 Å². The van der Waals surface area contributed by atoms with E-state index in [4.69, 9.17) is 26.8 Å². The van der Waals surface area contributed by atoms with Gasteiger partial charge in [0.25, 0.3) is 5.91 Å². The molecule has 1 aromatic rings. The molecule has 0 radical (unpaired) electrons. The molecule has 1 aromatic carbocycles. The van der Waals surface area contributed by atoms with E-state index in [9.17, 15) is 19.5 Å². The van der Waals surface area contributed by atoms with Crippen molar-refractivity contribution in [2.75, 3.05) is 20.8 Å². The van der Waals surface area contributed by atoms with Crippen LogP contribution in [-0.4, -0.2) is 64.0 Å². The molecule has 0 bridgehead atoms. The van der Waals surface area contributed by atoms with E-state index in [1.165, 1.54) is 39.4 Å². The van der Waals surface area contributed by atoms with Crippen molar-refractivity contribution in [3.63, 3.8) is 0 Å². The number of thioether (sulfide) groups is 1. The summed E-state index contributed by atoms with van der Waals surface area (Å²) in [5, 5.41) is 21.1. The first-order chi connectivity index (χ1) is 13.2. The molecule has 1 heterocycles. The molecule has 3 N–H and O–H groups in total. The Morgan fingerprint density at radius 1 is 1.32 bits per heavy atom. The van der Waals surface area contributed by atoms with E-state index in [1.807, 2.05) is 0 Å². The van der Waals surface area contributed by atoms with Crippen LogP contribution in [0.1, 0.15) is 12.5 Å². The third-order valence-corrected chi connectivity index (χ3v) is 5.10. The number of rotatable bonds is 7. The molecule has 1 fully saturated rings. The van der Waals surface area contributed by atoms with E-state index in [2.05, 4.69) is 5.32 Å². The second-order valence-corrected chi connectivity index (χ2v) is 7.35. The van der Waals surface area contributed by atoms with Gasteiger partial charge >= 0.3 is 5.97 Å². The van der Waals surface area contributed by atoms with Crippen LogP contribution in [0, 0.1) is 0 Å². The highest BCUT2D eigenvalue weighted by Crippen LogP contribution is 2.39. The Morgan fingerprint density at radius 2 is 1.89 bits per heavy atom. The number of ether oxygens (including phenoxy) is 2. The monoisotopic (exact) mass is 426 g/mol. The molecule has 1 aliphatic heterocycles. The van der Waals surface area contributed by atoms with Gasteiger partial charge in [0.1, 0.15) is 16.9 Å². The van der Waals surface area contributed by atoms with Gasteiger partial charge in [0.2, 0.25) is 11.7 Å². The number of carboxylic acid groups (broad SMARTS) is 1. The minimum Gasteiger partial charge on any atom is -0.502 e. The van der Waals surface area contributed by atoms with Gasteiger partial charge in [-0.1, -0.05) is 24.0 Å². The highest BCUT2D eigenvalue weighted by molar-refractivity contribution is 8.26. The van der Waals surface area contributed by atoms with Crippen molar-refractivity contribution in [3.8, 4) is 17.2 Å². The second kappa shape index (κ2) is 8.93. The van der Waals surface area contributed by atoms with Gasteiger partial charge in [0.15, 0.2) is 11.5 Å². The van der Waals surface area contributed by atoms with Gasteiger partial charge in [-0.2, -0.15) is 0 Å². The summed E-state index contributed by atoms with van der Waals surface area (Å²) in [5.74, 6) is -2.14. The van der Waals surface area contributed by atoms with Gasteiger partial charge in [-0.3, -0.25) is 19.3 Å². The number of aliphatic carboxylic acids is 1. The van der Waals surface area contributed by atoms with Crippen LogP contribution in [0.25, 0.3) is 6.08 Å². The summed E-state index contributed by atoms with van der Waals surface area (Å²) in [6.07, 6.45) is 1.53. The van der Waals surface area contributed by atoms with Gasteiger partial charge in [0.05, 0.1) is 19.1 Å². The molecule has 9 nitrogen and oxygen atoms in total. The van der Waals surface area contributed by atoms with Crippen LogP contribution in [0.15, 0.2) is 17.0 Å². The normalized spacial score (nSPS) is 16.2. The minimum absolute atomic E-state index is 0.168. The van der Waals surface area contributed by atoms with E-state index >= 15 is 0 Å². The van der Waals surface area contributed by atoms with Crippen molar-refractivity contribution < 1.29 is 34.1 Å². The van der Waals surface area contributed by atoms with Crippen LogP contribution in [0.4, 0.5) is 0 Å². The van der Waals surface area contributed by atoms with Crippen molar-refractivity contribution in [3.05, 3.63) is 22.6 Å². The first kappa shape index (κ1) is 21.5. The maximum atomic E-state index is 12.6. The molecule has 0 saturated carbocycles. The Bertz CT molecular complexity index is 844. The highest BCUT2D eigenvalue weighted by Gasteiger charge is 2.34. The summed E-state index contributed by atoms with van der Waals surface area (Å²) in [6, 6.07) is 1.95. The zero-order chi connectivity index (χ0) is 21.0. The number of nitrogens with one attached hydrogen (secondary N) is 1. The maximum Gasteiger partial charge on any atom is 0.325 e. The smallest absolute Gasteiger partial charge is 0.325 e. The number of amides is 2. The van der Waals surface area contributed by atoms with Crippen LogP contribution in [0.2, 0.25) is 0 Å². The van der Waals surface area contributed by atoms with Crippen LogP contribution >= 0.6 is 24.0 Å². The van der Waals surface area contributed by atoms with Crippen LogP contribution in [-0.2, 0) is 14.4 Å². The number of thiocarbonyl (C=S) groups is 1. The number of benzene rings is 1. The van der Waals surface area contributed by atoms with Gasteiger partial charge in [-0.25, -0.2) is 0 Å². The predicted molar refractivity (Wildman–Crippen MR) is 106 cm³/mol. The molecule has 1 unspecified atom stereocenters. The van der Waals surface area contributed by atoms with Gasteiger partial charge in [-0.05, 0) is 30.7 Å². The Balaban J connectivity index is 2.21. The van der Waals surface area contributed by atoms with Crippen molar-refractivity contribution in [1.82, 2.24) is 10.2 Å². The zero-order valence-corrected chi connectivity index (χ0v) is 16.8. The number of phenolic OH excluding ortho intramolecular Hbond substituents is 1. The largest absolute Gasteiger partial charge is 0.502 e. The molecule has 11 heteroatoms. The average molecular weight is 426 g/mol. The molecule has 28 heavy (non-hydrogen) atoms. The molecule has 1 aliphatic rings. The molecule has 0 aromatic heterocycles. The first-order valence-electron chi connectivity index (χ1n) is 7.90. The van der Waals surface area contributed by atoms with Crippen molar-refractivity contribution >= 4 is 52.2 Å². The number of carbonyl (C=O) groups excluding carboxylic acids is 2. The van der Waals surface area contributed by atoms with E-state index in [0.29, 0.717) is 5.56 Å². The molecule has 1 atom stereocenters. The standard InChI is InChI=1S/C17H18N2O7S2/c1-8(16(23)24)18-13(20)7-19-15(22)12(28-17(19)27)6-9-4-10(25-2)14(21)11(5-9)26-3/h4-6,8,21H,7H2,1-3H3,(H,18,20)(H,23,24)/b12-6-. The predicted octanol–water partition coefficient (Wildman–Crippen LogP) is 1.20. The molecule has 2 amide bonds. The highest BCUT2D eigenvalue weighted by atomic mass is 32.2. The molecule has 1 saturated heterocycles. The Labute approximate surface area is 170 Å². The van der Waals surface area contributed by atoms with E-state index < -0.39 is 23.8 Å². The molecule has 2 rings (SSSR count). The van der Waals surface area contributed by atoms with Crippen molar-refractivity contribution in [1.29, 1.82) is 0 Å². The van der Waals surface area contributed by atoms with E-state index in [1.54, 1.807) is 0 Å². The fraction of sp³-hybridized carbons (Fsp3) is 0.294. The maximum absolute atomic E-state index is 12.6. The summed E-state index contributed by atoms with van der Waals surface area (Å²) in [6.45, 7) is 0.928. The topological polar surface area (TPSA) is 125 Å². The van der Waals surface area contributed by atoms with E-state index in [0.717, 1.165) is 16.7 Å². The number of aromatic hydroxyl groups is 1. The quantitative estimate of drug-likeness (QED) is 0.435. The molecular weight excluding hydrogens is 408 g/mol. The molecule has 0 spiro atoms. The fourth-order valence-corrected chi connectivity index (χ4v) is 3.53. The van der Waals surface area contributed by atoms with Crippen LogP contribution < -0.4 is 14.8 Å². The van der Waals surface area contributed by atoms with Crippen molar-refractivity contribution in [2.24, 2.45) is 0 Å². The summed E-state index contributed by atoms with van der Waals surface area (Å²) in [7, 11) is 2.77. The van der Waals surface area contributed by atoms with Gasteiger partial charge < -0.3 is 25.0 Å². The van der Waals surface area contributed by atoms with Gasteiger partial charge in [-0.15, -0.1) is 0 Å². The average Bonchev–Trinajstić information content (AvgIpc) is 2.90. The minimum atomic E-state index is -1.19. The number of carboxylic acids is 1. The Kier molecular flexibility index (Phi) is 6.86. The number of hydrogen-bond acceptors (Lipinski definition) is 8. The third kappa shape index (κ3) is 4.73. The molecule has 150 valence electrons. The number of phenols is 1. The fourth-order valence-electron chi connectivity index (χ4n) is 2.28.